The number of esters is 1. The molecule has 0 radical (unpaired) electrons. The van der Waals surface area contributed by atoms with Gasteiger partial charge >= 0.3 is 12.1 Å². The van der Waals surface area contributed by atoms with Crippen LogP contribution in [0.2, 0.25) is 0 Å². The summed E-state index contributed by atoms with van der Waals surface area (Å²) in [5.41, 5.74) is 5.20. The molecule has 0 heterocycles. The minimum absolute atomic E-state index is 0.0465. The van der Waals surface area contributed by atoms with Crippen LogP contribution in [0.4, 0.5) is 4.79 Å². The predicted octanol–water partition coefficient (Wildman–Crippen LogP) is 2.60. The summed E-state index contributed by atoms with van der Waals surface area (Å²) in [7, 11) is 1.00. The molecular weight excluding hydrogens is 622 g/mol. The Morgan fingerprint density at radius 3 is 1.79 bits per heavy atom. The fourth-order valence-electron chi connectivity index (χ4n) is 4.38. The standard InChI is InChI=1S/C27H41N5O8.C6H12.CH4O/c1-17(2)13-20(25(37)39-16-18-9-7-6-8-10-18)32-22(34)14-29-24(36)19(11-12-21(28)33)31-23(35)15-30-26(38)40-27(3,4)5;1-2-4-6-5-3-1;1-2/h6-10,17,19-20H,11-16H2,1-5H3,(H2,28,33)(H,29,36)(H,30,38)(H,31,35)(H,32,34);1-6H2;2H,1H3/t19-,20-;;/m0../s1. The molecule has 1 fully saturated rings. The fourth-order valence-corrected chi connectivity index (χ4v) is 4.38. The minimum atomic E-state index is -1.21. The van der Waals surface area contributed by atoms with Gasteiger partial charge in [-0.1, -0.05) is 82.7 Å². The highest BCUT2D eigenvalue weighted by Crippen LogP contribution is 2.15. The summed E-state index contributed by atoms with van der Waals surface area (Å²) in [5, 5.41) is 16.6. The van der Waals surface area contributed by atoms with Crippen molar-refractivity contribution < 1.29 is 43.3 Å². The molecule has 0 saturated heterocycles. The molecular formula is C34H57N5O9. The lowest BCUT2D eigenvalue weighted by Gasteiger charge is -2.21. The van der Waals surface area contributed by atoms with Crippen molar-refractivity contribution in [1.82, 2.24) is 21.3 Å². The largest absolute Gasteiger partial charge is 0.459 e. The maximum Gasteiger partial charge on any atom is 0.408 e. The van der Waals surface area contributed by atoms with Crippen molar-refractivity contribution in [2.45, 2.75) is 117 Å². The van der Waals surface area contributed by atoms with Gasteiger partial charge in [0.25, 0.3) is 0 Å². The number of benzene rings is 1. The summed E-state index contributed by atoms with van der Waals surface area (Å²) >= 11 is 0. The lowest BCUT2D eigenvalue weighted by molar-refractivity contribution is -0.149. The monoisotopic (exact) mass is 679 g/mol. The van der Waals surface area contributed by atoms with E-state index in [1.165, 1.54) is 38.5 Å². The van der Waals surface area contributed by atoms with Crippen LogP contribution in [0.5, 0.6) is 0 Å². The second-order valence-electron chi connectivity index (χ2n) is 12.7. The summed E-state index contributed by atoms with van der Waals surface area (Å²) in [6.07, 6.45) is 8.14. The Morgan fingerprint density at radius 2 is 1.31 bits per heavy atom. The highest BCUT2D eigenvalue weighted by atomic mass is 16.6. The van der Waals surface area contributed by atoms with Crippen molar-refractivity contribution in [3.05, 3.63) is 35.9 Å². The normalized spacial score (nSPS) is 13.5. The lowest BCUT2D eigenvalue weighted by Crippen LogP contribution is -2.52. The Hall–Kier alpha value is -4.20. The van der Waals surface area contributed by atoms with Gasteiger partial charge in [-0.05, 0) is 45.1 Å². The van der Waals surface area contributed by atoms with Crippen LogP contribution in [-0.2, 0) is 40.1 Å². The van der Waals surface area contributed by atoms with Crippen LogP contribution in [0, 0.1) is 5.92 Å². The SMILES string of the molecule is C1CCCCC1.CC(C)C[C@H](NC(=O)CNC(=O)[C@H](CCC(N)=O)NC(=O)CNC(=O)OC(C)(C)C)C(=O)OCc1ccccc1.CO. The van der Waals surface area contributed by atoms with Gasteiger partial charge in [0.05, 0.1) is 6.54 Å². The summed E-state index contributed by atoms with van der Waals surface area (Å²) in [4.78, 5) is 73.2. The van der Waals surface area contributed by atoms with E-state index >= 15 is 0 Å². The van der Waals surface area contributed by atoms with Crippen LogP contribution in [0.1, 0.15) is 98.0 Å². The van der Waals surface area contributed by atoms with Crippen molar-refractivity contribution in [2.24, 2.45) is 11.7 Å². The number of rotatable bonds is 15. The average molecular weight is 680 g/mol. The van der Waals surface area contributed by atoms with Gasteiger partial charge in [0.15, 0.2) is 0 Å². The molecule has 0 unspecified atom stereocenters. The number of primary amides is 1. The molecule has 0 spiro atoms. The van der Waals surface area contributed by atoms with Gasteiger partial charge in [0.1, 0.15) is 30.8 Å². The first-order valence-corrected chi connectivity index (χ1v) is 16.4. The molecule has 1 aliphatic rings. The molecule has 14 nitrogen and oxygen atoms in total. The summed E-state index contributed by atoms with van der Waals surface area (Å²) in [6, 6.07) is 6.94. The number of carbonyl (C=O) groups excluding carboxylic acids is 6. The van der Waals surface area contributed by atoms with Crippen molar-refractivity contribution in [2.75, 3.05) is 20.2 Å². The second kappa shape index (κ2) is 24.9. The third kappa shape index (κ3) is 23.2. The number of aliphatic hydroxyl groups is 1. The van der Waals surface area contributed by atoms with Crippen LogP contribution in [0.15, 0.2) is 30.3 Å². The number of hydrogen-bond acceptors (Lipinski definition) is 9. The molecule has 7 N–H and O–H groups in total. The van der Waals surface area contributed by atoms with Gasteiger partial charge in [-0.2, -0.15) is 0 Å². The average Bonchev–Trinajstić information content (AvgIpc) is 3.04. The first-order chi connectivity index (χ1) is 22.7. The van der Waals surface area contributed by atoms with Gasteiger partial charge in [-0.25, -0.2) is 9.59 Å². The van der Waals surface area contributed by atoms with E-state index in [4.69, 9.17) is 20.3 Å². The molecule has 1 saturated carbocycles. The Kier molecular flexibility index (Phi) is 22.7. The van der Waals surface area contributed by atoms with Crippen LogP contribution in [0.25, 0.3) is 0 Å². The molecule has 1 aromatic carbocycles. The third-order valence-corrected chi connectivity index (χ3v) is 6.60. The van der Waals surface area contributed by atoms with Crippen molar-refractivity contribution in [1.29, 1.82) is 0 Å². The highest BCUT2D eigenvalue weighted by Gasteiger charge is 2.26. The number of aliphatic hydroxyl groups excluding tert-OH is 1. The van der Waals surface area contributed by atoms with Crippen molar-refractivity contribution in [3.63, 3.8) is 0 Å². The molecule has 0 aliphatic heterocycles. The zero-order valence-electron chi connectivity index (χ0n) is 29.4. The number of ether oxygens (including phenoxy) is 2. The molecule has 2 atom stereocenters. The van der Waals surface area contributed by atoms with Crippen molar-refractivity contribution >= 4 is 35.7 Å². The molecule has 14 heteroatoms. The molecule has 1 aliphatic carbocycles. The molecule has 2 rings (SSSR count). The maximum atomic E-state index is 12.7. The number of nitrogens with one attached hydrogen (secondary N) is 4. The van der Waals surface area contributed by atoms with E-state index in [1.807, 2.05) is 32.0 Å². The molecule has 1 aromatic rings. The van der Waals surface area contributed by atoms with Crippen LogP contribution < -0.4 is 27.0 Å². The van der Waals surface area contributed by atoms with Gasteiger partial charge in [-0.3, -0.25) is 19.2 Å². The fraction of sp³-hybridized carbons (Fsp3) is 0.647. The zero-order valence-corrected chi connectivity index (χ0v) is 29.4. The van der Waals surface area contributed by atoms with E-state index in [1.54, 1.807) is 32.9 Å². The summed E-state index contributed by atoms with van der Waals surface area (Å²) < 4.78 is 10.4. The second-order valence-corrected chi connectivity index (χ2v) is 12.7. The number of alkyl carbamates (subject to hydrolysis) is 1. The van der Waals surface area contributed by atoms with E-state index in [0.717, 1.165) is 12.7 Å². The molecule has 0 aromatic heterocycles. The Bertz CT molecular complexity index is 1110. The predicted molar refractivity (Wildman–Crippen MR) is 181 cm³/mol. The smallest absolute Gasteiger partial charge is 0.408 e. The molecule has 272 valence electrons. The quantitative estimate of drug-likeness (QED) is 0.150. The van der Waals surface area contributed by atoms with Crippen molar-refractivity contribution in [3.8, 4) is 0 Å². The molecule has 5 amide bonds. The van der Waals surface area contributed by atoms with E-state index < -0.39 is 66.5 Å². The molecule has 0 bridgehead atoms. The first-order valence-electron chi connectivity index (χ1n) is 16.4. The number of hydrogen-bond donors (Lipinski definition) is 6. The number of amides is 5. The molecule has 48 heavy (non-hydrogen) atoms. The summed E-state index contributed by atoms with van der Waals surface area (Å²) in [5.74, 6) is -3.37. The lowest BCUT2D eigenvalue weighted by atomic mass is 10.0. The van der Waals surface area contributed by atoms with E-state index in [2.05, 4.69) is 21.3 Å². The van der Waals surface area contributed by atoms with Gasteiger partial charge < -0.3 is 41.6 Å². The maximum absolute atomic E-state index is 12.7. The topological polar surface area (TPSA) is 215 Å². The number of carbonyl (C=O) groups is 6. The van der Waals surface area contributed by atoms with Crippen LogP contribution >= 0.6 is 0 Å². The summed E-state index contributed by atoms with van der Waals surface area (Å²) in [6.45, 7) is 7.80. The Balaban J connectivity index is 0.00000243. The van der Waals surface area contributed by atoms with Gasteiger partial charge in [0, 0.05) is 13.5 Å². The van der Waals surface area contributed by atoms with E-state index in [-0.39, 0.29) is 25.4 Å². The van der Waals surface area contributed by atoms with Crippen LogP contribution in [0.3, 0.4) is 0 Å². The minimum Gasteiger partial charge on any atom is -0.459 e. The Labute approximate surface area is 284 Å². The van der Waals surface area contributed by atoms with Gasteiger partial charge in [-0.15, -0.1) is 0 Å². The zero-order chi connectivity index (χ0) is 36.5. The van der Waals surface area contributed by atoms with Crippen LogP contribution in [-0.4, -0.2) is 78.7 Å². The highest BCUT2D eigenvalue weighted by molar-refractivity contribution is 5.92. The Morgan fingerprint density at radius 1 is 0.812 bits per heavy atom. The first kappa shape index (κ1) is 43.8. The van der Waals surface area contributed by atoms with Gasteiger partial charge in [0.2, 0.25) is 23.6 Å². The van der Waals surface area contributed by atoms with E-state index in [9.17, 15) is 28.8 Å². The number of nitrogens with two attached hydrogens (primary N) is 1. The van der Waals surface area contributed by atoms with E-state index in [0.29, 0.717) is 6.42 Å². The third-order valence-electron chi connectivity index (χ3n) is 6.60.